The Morgan fingerprint density at radius 2 is 1.19 bits per heavy atom. The molecule has 16 heteroatoms. The van der Waals surface area contributed by atoms with E-state index in [4.69, 9.17) is 18.9 Å². The molecule has 3 aromatic carbocycles. The molecule has 322 valence electrons. The van der Waals surface area contributed by atoms with E-state index in [1.165, 1.54) is 28.4 Å². The van der Waals surface area contributed by atoms with Crippen LogP contribution >= 0.6 is 0 Å². The van der Waals surface area contributed by atoms with Gasteiger partial charge in [-0.2, -0.15) is 0 Å². The van der Waals surface area contributed by atoms with E-state index in [1.807, 2.05) is 48.5 Å². The van der Waals surface area contributed by atoms with Crippen LogP contribution in [0.25, 0.3) is 22.5 Å². The molecule has 0 radical (unpaired) electrons. The molecule has 2 aliphatic rings. The van der Waals surface area contributed by atoms with Crippen LogP contribution in [0.3, 0.4) is 0 Å². The minimum Gasteiger partial charge on any atom is -0.496 e. The van der Waals surface area contributed by atoms with E-state index in [2.05, 4.69) is 42.4 Å². The highest BCUT2D eigenvalue weighted by molar-refractivity contribution is 5.88. The number of likely N-dealkylation sites (tertiary alicyclic amines) is 2. The van der Waals surface area contributed by atoms with Gasteiger partial charge in [0.2, 0.25) is 5.91 Å². The average Bonchev–Trinajstić information content (AvgIpc) is 4.16. The Hall–Kier alpha value is -7.12. The molecule has 16 nitrogen and oxygen atoms in total. The van der Waals surface area contributed by atoms with Crippen molar-refractivity contribution in [2.24, 2.45) is 0 Å². The van der Waals surface area contributed by atoms with E-state index < -0.39 is 30.4 Å². The van der Waals surface area contributed by atoms with E-state index >= 15 is 0 Å². The summed E-state index contributed by atoms with van der Waals surface area (Å²) in [6.07, 6.45) is 4.56. The fourth-order valence-electron chi connectivity index (χ4n) is 7.95. The molecule has 5 atom stereocenters. The highest BCUT2D eigenvalue weighted by atomic mass is 16.5. The molecule has 4 amide bonds. The lowest BCUT2D eigenvalue weighted by atomic mass is 10.0. The summed E-state index contributed by atoms with van der Waals surface area (Å²) >= 11 is 0. The molecule has 2 aromatic heterocycles. The molecule has 7 rings (SSSR count). The summed E-state index contributed by atoms with van der Waals surface area (Å²) in [5.74, 6) is 7.75. The molecule has 5 aromatic rings. The molecular weight excluding hydrogens is 793 g/mol. The summed E-state index contributed by atoms with van der Waals surface area (Å²) in [6.45, 7) is 2.77. The lowest BCUT2D eigenvalue weighted by molar-refractivity contribution is -0.137. The van der Waals surface area contributed by atoms with Gasteiger partial charge in [-0.05, 0) is 74.1 Å². The predicted octanol–water partition coefficient (Wildman–Crippen LogP) is 6.06. The molecule has 2 saturated heterocycles. The van der Waals surface area contributed by atoms with Crippen molar-refractivity contribution in [1.29, 1.82) is 0 Å². The van der Waals surface area contributed by atoms with Gasteiger partial charge in [0.15, 0.2) is 0 Å². The fourth-order valence-corrected chi connectivity index (χ4v) is 7.95. The van der Waals surface area contributed by atoms with Crippen molar-refractivity contribution in [2.75, 3.05) is 41.5 Å². The van der Waals surface area contributed by atoms with Crippen molar-refractivity contribution in [3.05, 3.63) is 114 Å². The minimum absolute atomic E-state index is 0.257. The van der Waals surface area contributed by atoms with Crippen LogP contribution in [0.15, 0.2) is 85.2 Å². The molecule has 0 bridgehead atoms. The van der Waals surface area contributed by atoms with Crippen molar-refractivity contribution in [3.63, 3.8) is 0 Å². The number of carbonyl (C=O) groups is 4. The van der Waals surface area contributed by atoms with E-state index in [0.717, 1.165) is 52.9 Å². The van der Waals surface area contributed by atoms with Crippen LogP contribution in [0.4, 0.5) is 9.59 Å². The number of para-hydroxylation sites is 1. The molecule has 4 heterocycles. The van der Waals surface area contributed by atoms with Gasteiger partial charge in [-0.15, -0.1) is 0 Å². The monoisotopic (exact) mass is 842 g/mol. The molecule has 2 fully saturated rings. The van der Waals surface area contributed by atoms with Gasteiger partial charge in [0.05, 0.1) is 63.3 Å². The number of carbonyl (C=O) groups excluding carboxylic acids is 4. The molecule has 0 aliphatic carbocycles. The van der Waals surface area contributed by atoms with E-state index in [1.54, 1.807) is 53.4 Å². The second-order valence-corrected chi connectivity index (χ2v) is 15.0. The van der Waals surface area contributed by atoms with Crippen LogP contribution in [0.2, 0.25) is 0 Å². The van der Waals surface area contributed by atoms with Crippen molar-refractivity contribution in [1.82, 2.24) is 40.4 Å². The van der Waals surface area contributed by atoms with Crippen molar-refractivity contribution < 1.29 is 38.1 Å². The Labute approximate surface area is 359 Å². The smallest absolute Gasteiger partial charge is 0.407 e. The molecule has 4 N–H and O–H groups in total. The first-order chi connectivity index (χ1) is 30.1. The quantitative estimate of drug-likeness (QED) is 0.107. The summed E-state index contributed by atoms with van der Waals surface area (Å²) in [5.41, 5.74) is 5.66. The number of hydrogen-bond donors (Lipinski definition) is 4. The third-order valence-corrected chi connectivity index (χ3v) is 11.3. The highest BCUT2D eigenvalue weighted by Crippen LogP contribution is 2.36. The summed E-state index contributed by atoms with van der Waals surface area (Å²) in [6, 6.07) is 20.3. The summed E-state index contributed by atoms with van der Waals surface area (Å²) in [5, 5.41) is 5.31. The zero-order chi connectivity index (χ0) is 43.8. The predicted molar refractivity (Wildman–Crippen MR) is 228 cm³/mol. The third-order valence-electron chi connectivity index (χ3n) is 11.3. The Morgan fingerprint density at radius 3 is 1.69 bits per heavy atom. The zero-order valence-electron chi connectivity index (χ0n) is 35.3. The summed E-state index contributed by atoms with van der Waals surface area (Å²) < 4.78 is 20.5. The first-order valence-corrected chi connectivity index (χ1v) is 20.4. The van der Waals surface area contributed by atoms with Crippen LogP contribution in [-0.4, -0.2) is 107 Å². The largest absolute Gasteiger partial charge is 0.496 e. The average molecular weight is 843 g/mol. The van der Waals surface area contributed by atoms with Gasteiger partial charge < -0.3 is 49.3 Å². The first kappa shape index (κ1) is 43.0. The van der Waals surface area contributed by atoms with Crippen LogP contribution in [0.1, 0.15) is 79.1 Å². The lowest BCUT2D eigenvalue weighted by Gasteiger charge is -2.30. The molecule has 62 heavy (non-hydrogen) atoms. The fraction of sp³-hybridized carbons (Fsp3) is 0.348. The van der Waals surface area contributed by atoms with Gasteiger partial charge in [-0.3, -0.25) is 9.59 Å². The number of methoxy groups -OCH3 is 4. The second-order valence-electron chi connectivity index (χ2n) is 15.0. The van der Waals surface area contributed by atoms with E-state index in [-0.39, 0.29) is 23.9 Å². The number of alkyl carbamates (subject to hydrolysis) is 2. The Balaban J connectivity index is 0.988. The normalized spacial score (nSPS) is 17.3. The van der Waals surface area contributed by atoms with E-state index in [9.17, 15) is 19.2 Å². The number of imidazole rings is 2. The maximum atomic E-state index is 14.1. The Kier molecular flexibility index (Phi) is 13.5. The number of aromatic nitrogens is 4. The zero-order valence-corrected chi connectivity index (χ0v) is 35.3. The molecular formula is C46H50N8O8. The number of nitrogens with zero attached hydrogens (tertiary/aromatic N) is 4. The molecule has 0 spiro atoms. The number of hydrogen-bond acceptors (Lipinski definition) is 10. The van der Waals surface area contributed by atoms with Crippen molar-refractivity contribution in [2.45, 2.75) is 62.9 Å². The van der Waals surface area contributed by atoms with Gasteiger partial charge in [-0.1, -0.05) is 54.3 Å². The van der Waals surface area contributed by atoms with E-state index in [0.29, 0.717) is 42.5 Å². The molecule has 2 aliphatic heterocycles. The van der Waals surface area contributed by atoms with Gasteiger partial charge in [0.1, 0.15) is 29.5 Å². The number of ether oxygens (including phenoxy) is 4. The first-order valence-electron chi connectivity index (χ1n) is 20.4. The Bertz CT molecular complexity index is 2440. The molecule has 0 unspecified atom stereocenters. The van der Waals surface area contributed by atoms with Crippen molar-refractivity contribution in [3.8, 4) is 40.1 Å². The van der Waals surface area contributed by atoms with Crippen LogP contribution in [-0.2, 0) is 23.8 Å². The summed E-state index contributed by atoms with van der Waals surface area (Å²) in [7, 11) is 5.52. The SMILES string of the molecule is COC(=O)N[C@H](C(=O)N1CCC[C@H]1c1ncc(-c2ccc(C#Cc3ccc(-c4cnc([C@@H]5CCCN5C(=O)[C@H](NC(=O)OC)c5ccccc5OC)[nH]4)cc3)cc2)[nH]1)[C@@H](C)OC. The topological polar surface area (TPSA) is 193 Å². The number of benzene rings is 3. The second kappa shape index (κ2) is 19.5. The van der Waals surface area contributed by atoms with Gasteiger partial charge in [0.25, 0.3) is 5.91 Å². The number of nitrogens with one attached hydrogen (secondary N) is 4. The Morgan fingerprint density at radius 1 is 0.694 bits per heavy atom. The van der Waals surface area contributed by atoms with Crippen LogP contribution in [0.5, 0.6) is 5.75 Å². The standard InChI is InChI=1S/C46H50N8O8/c1-28(59-2)39(51-45(57)61-4)43(55)53-24-8-11-36(53)41-47-26-34(49-41)31-20-16-29(17-21-31)14-15-30-18-22-32(23-19-30)35-27-48-42(50-35)37-12-9-25-54(37)44(56)40(52-46(58)62-5)33-10-6-7-13-38(33)60-3/h6-7,10,13,16-23,26-28,36-37,39-40H,8-9,11-12,24-25H2,1-5H3,(H,47,49)(H,48,50)(H,51,57)(H,52,58)/t28-,36+,37+,39+,40-/m1/s1. The maximum absolute atomic E-state index is 14.1. The number of rotatable bonds is 12. The van der Waals surface area contributed by atoms with Crippen LogP contribution in [0, 0.1) is 11.8 Å². The lowest BCUT2D eigenvalue weighted by Crippen LogP contribution is -2.54. The number of H-pyrrole nitrogens is 2. The number of aromatic amines is 2. The maximum Gasteiger partial charge on any atom is 0.407 e. The van der Waals surface area contributed by atoms with Gasteiger partial charge in [0, 0.05) is 36.9 Å². The summed E-state index contributed by atoms with van der Waals surface area (Å²) in [4.78, 5) is 71.6. The van der Waals surface area contributed by atoms with Crippen LogP contribution < -0.4 is 15.4 Å². The highest BCUT2D eigenvalue weighted by Gasteiger charge is 2.40. The molecule has 0 saturated carbocycles. The number of amides is 4. The van der Waals surface area contributed by atoms with Crippen molar-refractivity contribution >= 4 is 24.0 Å². The minimum atomic E-state index is -1.01. The van der Waals surface area contributed by atoms with Gasteiger partial charge in [-0.25, -0.2) is 19.6 Å². The third kappa shape index (κ3) is 9.43. The van der Waals surface area contributed by atoms with Gasteiger partial charge >= 0.3 is 12.2 Å².